The minimum atomic E-state index is -6.09. The molecule has 29 heavy (non-hydrogen) atoms. The van der Waals surface area contributed by atoms with E-state index in [-0.39, 0.29) is 80.1 Å². The molecule has 0 saturated carbocycles. The summed E-state index contributed by atoms with van der Waals surface area (Å²) in [5.41, 5.74) is -16.9. The van der Waals surface area contributed by atoms with E-state index in [1.165, 1.54) is 0 Å². The molecule has 0 aliphatic carbocycles. The molecule has 9 nitrogen and oxygen atoms in total. The van der Waals surface area contributed by atoms with E-state index in [1.54, 1.807) is 0 Å². The van der Waals surface area contributed by atoms with Gasteiger partial charge in [0.25, 0.3) is 0 Å². The van der Waals surface area contributed by atoms with Crippen molar-refractivity contribution in [1.29, 1.82) is 0 Å². The molecule has 1 radical (unpaired) electrons. The van der Waals surface area contributed by atoms with Gasteiger partial charge in [-0.25, -0.2) is 25.3 Å². The number of alkyl halides is 9. The van der Waals surface area contributed by atoms with Crippen LogP contribution < -0.4 is 37.2 Å². The van der Waals surface area contributed by atoms with Gasteiger partial charge in [-0.05, 0) is 0 Å². The summed E-state index contributed by atoms with van der Waals surface area (Å²) < 4.78 is 177. The Morgan fingerprint density at radius 3 is 0.483 bits per heavy atom. The Morgan fingerprint density at radius 1 is 0.448 bits per heavy atom. The molecule has 0 heterocycles. The van der Waals surface area contributed by atoms with Gasteiger partial charge in [0.05, 0.1) is 0 Å². The maximum absolute atomic E-state index is 10.7. The van der Waals surface area contributed by atoms with Gasteiger partial charge in [0.1, 0.15) is 0 Å². The molecular formula is C3Cl3F9FeO9S3Sc. The molecule has 0 atom stereocenters. The van der Waals surface area contributed by atoms with Crippen LogP contribution in [-0.4, -0.2) is 55.4 Å². The van der Waals surface area contributed by atoms with Gasteiger partial charge in [0.2, 0.25) is 0 Å². The first-order valence-corrected chi connectivity index (χ1v) is 8.04. The van der Waals surface area contributed by atoms with Crippen molar-refractivity contribution in [2.75, 3.05) is 0 Å². The third-order valence-corrected chi connectivity index (χ3v) is 2.55. The Hall–Kier alpha value is 1.36. The van der Waals surface area contributed by atoms with Gasteiger partial charge in [-0.15, -0.1) is 0 Å². The molecule has 0 amide bonds. The summed E-state index contributed by atoms with van der Waals surface area (Å²) in [6, 6.07) is 0. The van der Waals surface area contributed by atoms with Crippen molar-refractivity contribution in [3.8, 4) is 0 Å². The first kappa shape index (κ1) is 52.3. The Morgan fingerprint density at radius 2 is 0.483 bits per heavy atom. The Bertz CT molecular complexity index is 616. The molecule has 0 bridgehead atoms. The minimum Gasteiger partial charge on any atom is -1.00 e. The van der Waals surface area contributed by atoms with Gasteiger partial charge in [-0.1, -0.05) is 0 Å². The number of hydrogen-bond acceptors (Lipinski definition) is 9. The second-order valence-electron chi connectivity index (χ2n) is 2.70. The molecule has 0 aromatic heterocycles. The monoisotopic (exact) mass is 653 g/mol. The molecule has 0 fully saturated rings. The molecular weight excluding hydrogens is 654 g/mol. The topological polar surface area (TPSA) is 172 Å². The van der Waals surface area contributed by atoms with Crippen molar-refractivity contribution in [3.63, 3.8) is 0 Å². The summed E-state index contributed by atoms with van der Waals surface area (Å²) in [7, 11) is -18.3. The van der Waals surface area contributed by atoms with Gasteiger partial charge in [-0.2, -0.15) is 39.5 Å². The van der Waals surface area contributed by atoms with E-state index in [0.717, 1.165) is 0 Å². The van der Waals surface area contributed by atoms with Gasteiger partial charge in [-0.3, -0.25) is 0 Å². The SMILES string of the molecule is O=S(=O)([O-])C(F)(F)F.O=S(=O)([O-])C(F)(F)F.O=S(=O)([O-])C(F)(F)F.[Cl-].[Cl-].[Cl-].[Fe+3].[Sc+3]. The minimum absolute atomic E-state index is 0. The van der Waals surface area contributed by atoms with Crippen molar-refractivity contribution in [2.45, 2.75) is 16.5 Å². The Balaban J connectivity index is -0.0000000350. The average Bonchev–Trinajstić information content (AvgIpc) is 2.08. The third-order valence-electron chi connectivity index (χ3n) is 0.850. The van der Waals surface area contributed by atoms with Crippen LogP contribution in [-0.2, 0) is 73.3 Å². The van der Waals surface area contributed by atoms with E-state index in [2.05, 4.69) is 0 Å². The van der Waals surface area contributed by atoms with Crippen LogP contribution >= 0.6 is 0 Å². The fourth-order valence-electron chi connectivity index (χ4n) is 0. The number of hydrogen-bond donors (Lipinski definition) is 0. The Kier molecular flexibility index (Phi) is 30.5. The third kappa shape index (κ3) is 27.3. The smallest absolute Gasteiger partial charge is 1.00 e. The molecule has 0 saturated heterocycles. The van der Waals surface area contributed by atoms with Crippen LogP contribution in [0.4, 0.5) is 39.5 Å². The maximum atomic E-state index is 10.7. The van der Waals surface area contributed by atoms with E-state index in [9.17, 15) is 39.5 Å². The summed E-state index contributed by atoms with van der Waals surface area (Å²) in [6.07, 6.45) is 0. The van der Waals surface area contributed by atoms with Crippen LogP contribution in [0.2, 0.25) is 0 Å². The first-order valence-electron chi connectivity index (χ1n) is 3.81. The normalized spacial score (nSPS) is 11.6. The van der Waals surface area contributed by atoms with Crippen molar-refractivity contribution >= 4 is 30.4 Å². The van der Waals surface area contributed by atoms with Gasteiger partial charge >= 0.3 is 59.4 Å². The van der Waals surface area contributed by atoms with Crippen LogP contribution in [0.15, 0.2) is 0 Å². The molecule has 0 unspecified atom stereocenters. The Labute approximate surface area is 204 Å². The molecule has 0 N–H and O–H groups in total. The summed E-state index contributed by atoms with van der Waals surface area (Å²) in [6.45, 7) is 0. The fourth-order valence-corrected chi connectivity index (χ4v) is 0. The molecule has 0 aromatic carbocycles. The van der Waals surface area contributed by atoms with E-state index >= 15 is 0 Å². The van der Waals surface area contributed by atoms with E-state index < -0.39 is 46.9 Å². The van der Waals surface area contributed by atoms with Crippen molar-refractivity contribution < 1.29 is 159 Å². The zero-order valence-electron chi connectivity index (χ0n) is 11.9. The van der Waals surface area contributed by atoms with Crippen LogP contribution in [0.1, 0.15) is 0 Å². The molecule has 0 rings (SSSR count). The van der Waals surface area contributed by atoms with Crippen LogP contribution in [0.5, 0.6) is 0 Å². The fraction of sp³-hybridized carbons (Fsp3) is 1.00. The van der Waals surface area contributed by atoms with Crippen molar-refractivity contribution in [2.24, 2.45) is 0 Å². The average molecular weight is 654 g/mol. The van der Waals surface area contributed by atoms with Gasteiger partial charge < -0.3 is 50.9 Å². The molecule has 0 aromatic rings. The number of halogens is 12. The zero-order valence-corrected chi connectivity index (χ0v) is 19.5. The summed E-state index contributed by atoms with van der Waals surface area (Å²) in [4.78, 5) is 0. The van der Waals surface area contributed by atoms with E-state index in [1.807, 2.05) is 0 Å². The molecule has 0 spiro atoms. The van der Waals surface area contributed by atoms with Gasteiger partial charge in [0, 0.05) is 0 Å². The standard InChI is InChI=1S/3CHF3O3S.3ClH.Fe.Sc/c3*2-1(3,4)8(5,6)7;;;;;/h3*(H,5,6,7);3*1H;;/q;;;;;;2*+3/p-6. The largest absolute Gasteiger partial charge is 3.00 e. The predicted octanol–water partition coefficient (Wildman–Crippen LogP) is -8.84. The predicted molar refractivity (Wildman–Crippen MR) is 47.3 cm³/mol. The van der Waals surface area contributed by atoms with Crippen molar-refractivity contribution in [3.05, 3.63) is 0 Å². The maximum Gasteiger partial charge on any atom is 3.00 e. The van der Waals surface area contributed by atoms with E-state index in [0.29, 0.717) is 0 Å². The molecule has 179 valence electrons. The molecule has 0 aliphatic rings. The number of rotatable bonds is 0. The molecule has 26 heteroatoms. The molecule has 0 aliphatic heterocycles. The van der Waals surface area contributed by atoms with Gasteiger partial charge in [0.15, 0.2) is 30.4 Å². The summed E-state index contributed by atoms with van der Waals surface area (Å²) >= 11 is 0. The van der Waals surface area contributed by atoms with Crippen LogP contribution in [0, 0.1) is 0 Å². The summed E-state index contributed by atoms with van der Waals surface area (Å²) in [5, 5.41) is 0. The van der Waals surface area contributed by atoms with E-state index in [4.69, 9.17) is 38.9 Å². The first-order chi connectivity index (χ1) is 9.75. The van der Waals surface area contributed by atoms with Crippen LogP contribution in [0.25, 0.3) is 0 Å². The zero-order chi connectivity index (χ0) is 21.0. The van der Waals surface area contributed by atoms with Crippen molar-refractivity contribution in [1.82, 2.24) is 0 Å². The second-order valence-corrected chi connectivity index (χ2v) is 6.81. The van der Waals surface area contributed by atoms with Crippen LogP contribution in [0.3, 0.4) is 0 Å². The summed E-state index contributed by atoms with van der Waals surface area (Å²) in [5.74, 6) is 0. The quantitative estimate of drug-likeness (QED) is 0.107. The second kappa shape index (κ2) is 16.9.